The van der Waals surface area contributed by atoms with E-state index in [1.807, 2.05) is 0 Å². The fourth-order valence-electron chi connectivity index (χ4n) is 1.90. The number of urea groups is 1. The lowest BCUT2D eigenvalue weighted by Gasteiger charge is -2.26. The monoisotopic (exact) mass is 288 g/mol. The van der Waals surface area contributed by atoms with Crippen molar-refractivity contribution < 1.29 is 14.7 Å². The van der Waals surface area contributed by atoms with E-state index >= 15 is 0 Å². The van der Waals surface area contributed by atoms with Crippen molar-refractivity contribution in [2.45, 2.75) is 6.54 Å². The Hall–Kier alpha value is -2.83. The van der Waals surface area contributed by atoms with Crippen molar-refractivity contribution in [3.63, 3.8) is 0 Å². The summed E-state index contributed by atoms with van der Waals surface area (Å²) in [6.45, 7) is -0.125. The number of carboxylic acid groups (broad SMARTS) is 1. The van der Waals surface area contributed by atoms with Gasteiger partial charge in [0.15, 0.2) is 0 Å². The van der Waals surface area contributed by atoms with Gasteiger partial charge in [-0.2, -0.15) is 0 Å². The third-order valence-electron chi connectivity index (χ3n) is 2.86. The van der Waals surface area contributed by atoms with E-state index < -0.39 is 18.5 Å². The maximum absolute atomic E-state index is 12.5. The van der Waals surface area contributed by atoms with Gasteiger partial charge in [-0.3, -0.25) is 9.69 Å². The number of hydrogen-bond acceptors (Lipinski definition) is 3. The Morgan fingerprint density at radius 2 is 2.00 bits per heavy atom. The van der Waals surface area contributed by atoms with Crippen molar-refractivity contribution in [1.82, 2.24) is 14.9 Å². The largest absolute Gasteiger partial charge is 0.480 e. The van der Waals surface area contributed by atoms with Gasteiger partial charge in [-0.1, -0.05) is 18.2 Å². The van der Waals surface area contributed by atoms with Gasteiger partial charge < -0.3 is 15.0 Å². The van der Waals surface area contributed by atoms with Crippen molar-refractivity contribution in [1.29, 1.82) is 0 Å². The number of anilines is 1. The van der Waals surface area contributed by atoms with Crippen LogP contribution < -0.4 is 4.90 Å². The van der Waals surface area contributed by atoms with E-state index in [1.165, 1.54) is 9.80 Å². The molecule has 1 aromatic heterocycles. The number of carbonyl (C=O) groups excluding carboxylic acids is 1. The normalized spacial score (nSPS) is 10.1. The summed E-state index contributed by atoms with van der Waals surface area (Å²) in [6.07, 6.45) is 3.26. The number of aromatic amines is 1. The second-order valence-electron chi connectivity index (χ2n) is 4.49. The van der Waals surface area contributed by atoms with Crippen LogP contribution in [0.3, 0.4) is 0 Å². The molecule has 0 saturated heterocycles. The standard InChI is InChI=1S/C14H16N4O3/c1-17(9-12-15-7-8-16-12)14(21)18(10-13(19)20)11-5-3-2-4-6-11/h2-8H,9-10H2,1H3,(H,15,16)(H,19,20). The molecule has 2 amide bonds. The predicted octanol–water partition coefficient (Wildman–Crippen LogP) is 1.55. The zero-order valence-corrected chi connectivity index (χ0v) is 11.6. The van der Waals surface area contributed by atoms with Crippen LogP contribution >= 0.6 is 0 Å². The molecular formula is C14H16N4O3. The van der Waals surface area contributed by atoms with E-state index in [1.54, 1.807) is 49.8 Å². The molecule has 1 heterocycles. The number of imidazole rings is 1. The summed E-state index contributed by atoms with van der Waals surface area (Å²) in [5.41, 5.74) is 0.538. The van der Waals surface area contributed by atoms with Crippen LogP contribution in [0, 0.1) is 0 Å². The number of nitrogens with one attached hydrogen (secondary N) is 1. The molecule has 21 heavy (non-hydrogen) atoms. The summed E-state index contributed by atoms with van der Waals surface area (Å²) in [5.74, 6) is -0.437. The van der Waals surface area contributed by atoms with Crippen LogP contribution in [-0.2, 0) is 11.3 Å². The number of aliphatic carboxylic acids is 1. The first-order chi connectivity index (χ1) is 10.1. The van der Waals surface area contributed by atoms with E-state index in [2.05, 4.69) is 9.97 Å². The quantitative estimate of drug-likeness (QED) is 0.873. The number of aromatic nitrogens is 2. The number of benzene rings is 1. The molecule has 0 aliphatic heterocycles. The van der Waals surface area contributed by atoms with E-state index in [0.717, 1.165) is 0 Å². The highest BCUT2D eigenvalue weighted by Crippen LogP contribution is 2.15. The Balaban J connectivity index is 2.16. The van der Waals surface area contributed by atoms with Gasteiger partial charge in [-0.15, -0.1) is 0 Å². The maximum Gasteiger partial charge on any atom is 0.325 e. The highest BCUT2D eigenvalue weighted by Gasteiger charge is 2.22. The first kappa shape index (κ1) is 14.6. The third-order valence-corrected chi connectivity index (χ3v) is 2.86. The first-order valence-corrected chi connectivity index (χ1v) is 6.35. The molecule has 0 bridgehead atoms. The lowest BCUT2D eigenvalue weighted by atomic mass is 10.3. The third kappa shape index (κ3) is 3.82. The minimum atomic E-state index is -1.07. The average molecular weight is 288 g/mol. The fourth-order valence-corrected chi connectivity index (χ4v) is 1.90. The van der Waals surface area contributed by atoms with E-state index in [-0.39, 0.29) is 6.54 Å². The number of rotatable bonds is 5. The minimum absolute atomic E-state index is 0.273. The number of carboxylic acids is 1. The Kier molecular flexibility index (Phi) is 4.55. The molecule has 0 atom stereocenters. The van der Waals surface area contributed by atoms with E-state index in [9.17, 15) is 9.59 Å². The fraction of sp³-hybridized carbons (Fsp3) is 0.214. The number of H-pyrrole nitrogens is 1. The van der Waals surface area contributed by atoms with Crippen molar-refractivity contribution >= 4 is 17.7 Å². The molecule has 0 unspecified atom stereocenters. The molecule has 2 rings (SSSR count). The molecule has 0 fully saturated rings. The lowest BCUT2D eigenvalue weighted by molar-refractivity contribution is -0.135. The van der Waals surface area contributed by atoms with Crippen molar-refractivity contribution in [2.24, 2.45) is 0 Å². The molecule has 2 aromatic rings. The Morgan fingerprint density at radius 3 is 2.57 bits per heavy atom. The summed E-state index contributed by atoms with van der Waals surface area (Å²) >= 11 is 0. The zero-order chi connectivity index (χ0) is 15.2. The minimum Gasteiger partial charge on any atom is -0.480 e. The first-order valence-electron chi connectivity index (χ1n) is 6.35. The number of nitrogens with zero attached hydrogens (tertiary/aromatic N) is 3. The van der Waals surface area contributed by atoms with Gasteiger partial charge >= 0.3 is 12.0 Å². The smallest absolute Gasteiger partial charge is 0.325 e. The number of hydrogen-bond donors (Lipinski definition) is 2. The van der Waals surface area contributed by atoms with Crippen LogP contribution in [0.15, 0.2) is 42.7 Å². The zero-order valence-electron chi connectivity index (χ0n) is 11.6. The lowest BCUT2D eigenvalue weighted by Crippen LogP contribution is -2.43. The van der Waals surface area contributed by atoms with Crippen LogP contribution in [0.25, 0.3) is 0 Å². The van der Waals surface area contributed by atoms with Crippen molar-refractivity contribution in [2.75, 3.05) is 18.5 Å². The molecule has 1 aromatic carbocycles. The second-order valence-corrected chi connectivity index (χ2v) is 4.49. The van der Waals surface area contributed by atoms with Crippen LogP contribution in [0.1, 0.15) is 5.82 Å². The second kappa shape index (κ2) is 6.56. The Bertz CT molecular complexity index is 598. The molecular weight excluding hydrogens is 272 g/mol. The van der Waals surface area contributed by atoms with Crippen LogP contribution in [0.5, 0.6) is 0 Å². The van der Waals surface area contributed by atoms with Crippen LogP contribution in [-0.4, -0.2) is 45.6 Å². The molecule has 0 spiro atoms. The Morgan fingerprint density at radius 1 is 1.29 bits per heavy atom. The number of amides is 2. The SMILES string of the molecule is CN(Cc1ncc[nH]1)C(=O)N(CC(=O)O)c1ccccc1. The van der Waals surface area contributed by atoms with Crippen LogP contribution in [0.4, 0.5) is 10.5 Å². The number of carbonyl (C=O) groups is 2. The molecule has 7 nitrogen and oxygen atoms in total. The topological polar surface area (TPSA) is 89.5 Å². The van der Waals surface area contributed by atoms with Gasteiger partial charge in [0.05, 0.1) is 6.54 Å². The van der Waals surface area contributed by atoms with Gasteiger partial charge in [0.1, 0.15) is 12.4 Å². The van der Waals surface area contributed by atoms with Gasteiger partial charge in [0.25, 0.3) is 0 Å². The summed E-state index contributed by atoms with van der Waals surface area (Å²) in [4.78, 5) is 33.0. The molecule has 7 heteroatoms. The molecule has 0 saturated carbocycles. The van der Waals surface area contributed by atoms with E-state index in [4.69, 9.17) is 5.11 Å². The van der Waals surface area contributed by atoms with Gasteiger partial charge in [-0.25, -0.2) is 9.78 Å². The summed E-state index contributed by atoms with van der Waals surface area (Å²) in [7, 11) is 1.60. The molecule has 0 aliphatic rings. The average Bonchev–Trinajstić information content (AvgIpc) is 2.97. The summed E-state index contributed by atoms with van der Waals surface area (Å²) in [6, 6.07) is 8.30. The predicted molar refractivity (Wildman–Crippen MR) is 76.9 cm³/mol. The molecule has 0 radical (unpaired) electrons. The number of para-hydroxylation sites is 1. The van der Waals surface area contributed by atoms with Crippen molar-refractivity contribution in [3.05, 3.63) is 48.5 Å². The molecule has 0 aliphatic carbocycles. The van der Waals surface area contributed by atoms with Gasteiger partial charge in [0.2, 0.25) is 0 Å². The Labute approximate surface area is 121 Å². The highest BCUT2D eigenvalue weighted by molar-refractivity contribution is 5.96. The van der Waals surface area contributed by atoms with Gasteiger partial charge in [-0.05, 0) is 12.1 Å². The summed E-state index contributed by atoms with van der Waals surface area (Å²) < 4.78 is 0. The van der Waals surface area contributed by atoms with Gasteiger partial charge in [0, 0.05) is 25.1 Å². The highest BCUT2D eigenvalue weighted by atomic mass is 16.4. The maximum atomic E-state index is 12.5. The van der Waals surface area contributed by atoms with E-state index in [0.29, 0.717) is 11.5 Å². The molecule has 2 N–H and O–H groups in total. The van der Waals surface area contributed by atoms with Crippen LogP contribution in [0.2, 0.25) is 0 Å². The molecule has 110 valence electrons. The summed E-state index contributed by atoms with van der Waals surface area (Å²) in [5, 5.41) is 9.00. The van der Waals surface area contributed by atoms with Crippen molar-refractivity contribution in [3.8, 4) is 0 Å².